The number of fused-ring (bicyclic) bond motifs is 1. The number of nitrogens with zero attached hydrogens (tertiary/aromatic N) is 3. The SMILES string of the molecule is COc1cc(Cc2cnc(N)nc2N)cc(/C=C/C(=O)N2CCc3ccccc3C2c2ccc(S(C)(=O)=O)cc2)c1OC. The van der Waals surface area contributed by atoms with Crippen molar-refractivity contribution in [3.63, 3.8) is 0 Å². The summed E-state index contributed by atoms with van der Waals surface area (Å²) in [5, 5.41) is 0. The van der Waals surface area contributed by atoms with Crippen LogP contribution in [0, 0.1) is 0 Å². The average Bonchev–Trinajstić information content (AvgIpc) is 3.00. The fourth-order valence-electron chi connectivity index (χ4n) is 5.39. The fourth-order valence-corrected chi connectivity index (χ4v) is 6.02. The third-order valence-electron chi connectivity index (χ3n) is 7.47. The molecule has 1 aliphatic rings. The van der Waals surface area contributed by atoms with Crippen LogP contribution in [0.15, 0.2) is 77.8 Å². The van der Waals surface area contributed by atoms with Gasteiger partial charge in [-0.1, -0.05) is 36.4 Å². The molecule has 0 saturated heterocycles. The van der Waals surface area contributed by atoms with Crippen LogP contribution in [0.25, 0.3) is 6.08 Å². The molecule has 1 aromatic heterocycles. The van der Waals surface area contributed by atoms with Crippen molar-refractivity contribution in [3.05, 3.63) is 106 Å². The second-order valence-electron chi connectivity index (χ2n) is 10.3. The summed E-state index contributed by atoms with van der Waals surface area (Å²) in [6.07, 6.45) is 7.11. The fraction of sp³-hybridized carbons (Fsp3) is 0.219. The van der Waals surface area contributed by atoms with Gasteiger partial charge in [-0.25, -0.2) is 13.4 Å². The van der Waals surface area contributed by atoms with Gasteiger partial charge in [0.15, 0.2) is 21.3 Å². The Morgan fingerprint density at radius 2 is 1.81 bits per heavy atom. The van der Waals surface area contributed by atoms with Crippen LogP contribution in [-0.4, -0.2) is 56.2 Å². The highest BCUT2D eigenvalue weighted by molar-refractivity contribution is 7.90. The summed E-state index contributed by atoms with van der Waals surface area (Å²) in [5.41, 5.74) is 16.9. The van der Waals surface area contributed by atoms with E-state index in [0.29, 0.717) is 42.0 Å². The Hall–Kier alpha value is -4.90. The summed E-state index contributed by atoms with van der Waals surface area (Å²) in [5.74, 6) is 1.16. The molecule has 43 heavy (non-hydrogen) atoms. The van der Waals surface area contributed by atoms with Gasteiger partial charge in [-0.15, -0.1) is 0 Å². The maximum Gasteiger partial charge on any atom is 0.247 e. The maximum absolute atomic E-state index is 13.8. The molecule has 0 fully saturated rings. The molecule has 11 heteroatoms. The molecule has 222 valence electrons. The molecule has 1 atom stereocenters. The van der Waals surface area contributed by atoms with Crippen LogP contribution >= 0.6 is 0 Å². The highest BCUT2D eigenvalue weighted by Gasteiger charge is 2.31. The van der Waals surface area contributed by atoms with Gasteiger partial charge in [-0.3, -0.25) is 4.79 Å². The summed E-state index contributed by atoms with van der Waals surface area (Å²) in [7, 11) is -0.264. The Labute approximate surface area is 250 Å². The number of aromatic nitrogens is 2. The molecule has 0 saturated carbocycles. The van der Waals surface area contributed by atoms with Gasteiger partial charge in [0, 0.05) is 42.6 Å². The summed E-state index contributed by atoms with van der Waals surface area (Å²) in [4.78, 5) is 23.9. The predicted molar refractivity (Wildman–Crippen MR) is 165 cm³/mol. The Morgan fingerprint density at radius 3 is 2.49 bits per heavy atom. The smallest absolute Gasteiger partial charge is 0.247 e. The number of amides is 1. The number of nitrogens with two attached hydrogens (primary N) is 2. The van der Waals surface area contributed by atoms with E-state index in [1.807, 2.05) is 30.3 Å². The van der Waals surface area contributed by atoms with E-state index in [1.54, 1.807) is 55.7 Å². The number of rotatable bonds is 8. The highest BCUT2D eigenvalue weighted by Crippen LogP contribution is 2.37. The first-order valence-electron chi connectivity index (χ1n) is 13.6. The van der Waals surface area contributed by atoms with Crippen LogP contribution in [0.1, 0.15) is 39.4 Å². The quantitative estimate of drug-likeness (QED) is 0.288. The van der Waals surface area contributed by atoms with Gasteiger partial charge < -0.3 is 25.8 Å². The van der Waals surface area contributed by atoms with Crippen LogP contribution in [-0.2, 0) is 27.5 Å². The molecule has 4 aromatic rings. The van der Waals surface area contributed by atoms with Gasteiger partial charge in [-0.05, 0) is 59.0 Å². The first-order chi connectivity index (χ1) is 20.6. The zero-order chi connectivity index (χ0) is 30.7. The molecule has 0 bridgehead atoms. The molecule has 0 aliphatic carbocycles. The Bertz CT molecular complexity index is 1810. The van der Waals surface area contributed by atoms with Gasteiger partial charge in [0.1, 0.15) is 5.82 Å². The Kier molecular flexibility index (Phi) is 8.36. The lowest BCUT2D eigenvalue weighted by Gasteiger charge is -2.37. The van der Waals surface area contributed by atoms with Gasteiger partial charge in [0.05, 0.1) is 25.2 Å². The van der Waals surface area contributed by atoms with Gasteiger partial charge in [-0.2, -0.15) is 4.98 Å². The summed E-state index contributed by atoms with van der Waals surface area (Å²) in [6.45, 7) is 0.496. The molecule has 0 spiro atoms. The minimum atomic E-state index is -3.35. The van der Waals surface area contributed by atoms with Crippen molar-refractivity contribution in [1.82, 2.24) is 14.9 Å². The average molecular weight is 600 g/mol. The number of hydrogen-bond acceptors (Lipinski definition) is 9. The van der Waals surface area contributed by atoms with Crippen molar-refractivity contribution in [2.24, 2.45) is 0 Å². The molecule has 1 amide bonds. The number of methoxy groups -OCH3 is 2. The zero-order valence-corrected chi connectivity index (χ0v) is 25.0. The lowest BCUT2D eigenvalue weighted by molar-refractivity contribution is -0.127. The number of anilines is 2. The molecule has 1 aliphatic heterocycles. The Balaban J connectivity index is 1.49. The van der Waals surface area contributed by atoms with E-state index in [-0.39, 0.29) is 28.6 Å². The molecular weight excluding hydrogens is 566 g/mol. The maximum atomic E-state index is 13.8. The van der Waals surface area contributed by atoms with E-state index >= 15 is 0 Å². The van der Waals surface area contributed by atoms with Crippen molar-refractivity contribution >= 4 is 33.6 Å². The second-order valence-corrected chi connectivity index (χ2v) is 12.3. The second kappa shape index (κ2) is 12.1. The normalized spacial score (nSPS) is 14.9. The van der Waals surface area contributed by atoms with E-state index in [1.165, 1.54) is 12.3 Å². The zero-order valence-electron chi connectivity index (χ0n) is 24.2. The highest BCUT2D eigenvalue weighted by atomic mass is 32.2. The van der Waals surface area contributed by atoms with E-state index in [0.717, 1.165) is 22.3 Å². The van der Waals surface area contributed by atoms with Crippen molar-refractivity contribution < 1.29 is 22.7 Å². The van der Waals surface area contributed by atoms with Gasteiger partial charge in [0.25, 0.3) is 0 Å². The number of hydrogen-bond donors (Lipinski definition) is 2. The minimum Gasteiger partial charge on any atom is -0.493 e. The van der Waals surface area contributed by atoms with Crippen LogP contribution in [0.2, 0.25) is 0 Å². The first-order valence-corrected chi connectivity index (χ1v) is 15.5. The summed E-state index contributed by atoms with van der Waals surface area (Å²) in [6, 6.07) is 18.1. The third kappa shape index (κ3) is 6.31. The number of nitrogen functional groups attached to an aromatic ring is 2. The molecule has 4 N–H and O–H groups in total. The number of sulfone groups is 1. The molecule has 1 unspecified atom stereocenters. The van der Waals surface area contributed by atoms with Crippen molar-refractivity contribution in [2.75, 3.05) is 38.5 Å². The van der Waals surface area contributed by atoms with E-state index in [4.69, 9.17) is 20.9 Å². The topological polar surface area (TPSA) is 151 Å². The third-order valence-corrected chi connectivity index (χ3v) is 8.60. The van der Waals surface area contributed by atoms with Gasteiger partial charge in [0.2, 0.25) is 11.9 Å². The van der Waals surface area contributed by atoms with Crippen molar-refractivity contribution in [1.29, 1.82) is 0 Å². The summed E-state index contributed by atoms with van der Waals surface area (Å²) >= 11 is 0. The standard InChI is InChI=1S/C32H33N5O5S/c1-41-27-18-20(17-24-19-35-32(34)36-31(24)33)16-23(30(27)42-2)10-13-28(38)37-15-14-21-6-4-5-7-26(21)29(37)22-8-11-25(12-9-22)43(3,39)40/h4-13,16,18-19,29H,14-15,17H2,1-3H3,(H4,33,34,35,36)/b13-10+. The van der Waals surface area contributed by atoms with E-state index in [2.05, 4.69) is 16.0 Å². The molecular formula is C32H33N5O5S. The number of benzene rings is 3. The van der Waals surface area contributed by atoms with Crippen LogP contribution in [0.4, 0.5) is 11.8 Å². The number of carbonyl (C=O) groups excluding carboxylic acids is 1. The minimum absolute atomic E-state index is 0.0978. The van der Waals surface area contributed by atoms with Crippen LogP contribution < -0.4 is 20.9 Å². The predicted octanol–water partition coefficient (Wildman–Crippen LogP) is 3.84. The number of ether oxygens (including phenoxy) is 2. The van der Waals surface area contributed by atoms with Gasteiger partial charge >= 0.3 is 0 Å². The largest absolute Gasteiger partial charge is 0.493 e. The van der Waals surface area contributed by atoms with Crippen LogP contribution in [0.3, 0.4) is 0 Å². The molecule has 0 radical (unpaired) electrons. The Morgan fingerprint density at radius 1 is 1.07 bits per heavy atom. The lowest BCUT2D eigenvalue weighted by atomic mass is 9.88. The van der Waals surface area contributed by atoms with Crippen molar-refractivity contribution in [2.45, 2.75) is 23.8 Å². The molecule has 2 heterocycles. The lowest BCUT2D eigenvalue weighted by Crippen LogP contribution is -2.39. The van der Waals surface area contributed by atoms with E-state index < -0.39 is 9.84 Å². The van der Waals surface area contributed by atoms with Crippen LogP contribution in [0.5, 0.6) is 11.5 Å². The van der Waals surface area contributed by atoms with E-state index in [9.17, 15) is 13.2 Å². The molecule has 3 aromatic carbocycles. The molecule has 5 rings (SSSR count). The molecule has 10 nitrogen and oxygen atoms in total. The summed E-state index contributed by atoms with van der Waals surface area (Å²) < 4.78 is 35.4. The first kappa shape index (κ1) is 29.6. The van der Waals surface area contributed by atoms with Crippen molar-refractivity contribution in [3.8, 4) is 11.5 Å². The monoisotopic (exact) mass is 599 g/mol. The number of carbonyl (C=O) groups is 1.